The molecule has 0 fully saturated rings. The molecule has 1 atom stereocenters. The lowest BCUT2D eigenvalue weighted by atomic mass is 9.95. The SMILES string of the molecule is CCOc1ccc(Br)cc1C1NC(=S)NC(C)=C1C(=O)OC(C)C. The summed E-state index contributed by atoms with van der Waals surface area (Å²) >= 11 is 8.74. The lowest BCUT2D eigenvalue weighted by molar-refractivity contribution is -0.143. The van der Waals surface area contributed by atoms with Gasteiger partial charge in [-0.2, -0.15) is 0 Å². The van der Waals surface area contributed by atoms with Gasteiger partial charge in [-0.15, -0.1) is 0 Å². The molecule has 24 heavy (non-hydrogen) atoms. The normalized spacial score (nSPS) is 17.4. The van der Waals surface area contributed by atoms with Crippen LogP contribution in [-0.4, -0.2) is 23.8 Å². The number of allylic oxidation sites excluding steroid dienone is 1. The van der Waals surface area contributed by atoms with E-state index < -0.39 is 6.04 Å². The maximum absolute atomic E-state index is 12.6. The van der Waals surface area contributed by atoms with Gasteiger partial charge in [0.2, 0.25) is 0 Å². The molecule has 0 saturated carbocycles. The molecule has 0 spiro atoms. The van der Waals surface area contributed by atoms with E-state index in [0.717, 1.165) is 10.0 Å². The second kappa shape index (κ2) is 7.98. The zero-order valence-corrected chi connectivity index (χ0v) is 16.5. The van der Waals surface area contributed by atoms with E-state index in [4.69, 9.17) is 21.7 Å². The number of ether oxygens (including phenoxy) is 2. The van der Waals surface area contributed by atoms with Crippen LogP contribution in [0, 0.1) is 0 Å². The van der Waals surface area contributed by atoms with Crippen molar-refractivity contribution in [1.29, 1.82) is 0 Å². The third kappa shape index (κ3) is 4.27. The van der Waals surface area contributed by atoms with Crippen molar-refractivity contribution in [3.05, 3.63) is 39.5 Å². The van der Waals surface area contributed by atoms with E-state index in [1.54, 1.807) is 0 Å². The van der Waals surface area contributed by atoms with Crippen molar-refractivity contribution < 1.29 is 14.3 Å². The average Bonchev–Trinajstić information content (AvgIpc) is 2.47. The van der Waals surface area contributed by atoms with Gasteiger partial charge in [0.05, 0.1) is 24.3 Å². The zero-order chi connectivity index (χ0) is 17.9. The number of carbonyl (C=O) groups excluding carboxylic acids is 1. The first-order chi connectivity index (χ1) is 11.3. The van der Waals surface area contributed by atoms with Crippen LogP contribution in [0.1, 0.15) is 39.3 Å². The molecule has 1 unspecified atom stereocenters. The van der Waals surface area contributed by atoms with E-state index in [0.29, 0.717) is 28.7 Å². The van der Waals surface area contributed by atoms with Crippen molar-refractivity contribution in [2.45, 2.75) is 39.8 Å². The highest BCUT2D eigenvalue weighted by molar-refractivity contribution is 9.10. The number of hydrogen-bond acceptors (Lipinski definition) is 4. The van der Waals surface area contributed by atoms with Crippen LogP contribution >= 0.6 is 28.1 Å². The fourth-order valence-electron chi connectivity index (χ4n) is 2.51. The minimum atomic E-state index is -0.441. The van der Waals surface area contributed by atoms with Gasteiger partial charge in [0.1, 0.15) is 5.75 Å². The lowest BCUT2D eigenvalue weighted by Crippen LogP contribution is -2.45. The molecule has 1 heterocycles. The summed E-state index contributed by atoms with van der Waals surface area (Å²) in [7, 11) is 0. The summed E-state index contributed by atoms with van der Waals surface area (Å²) in [4.78, 5) is 12.6. The van der Waals surface area contributed by atoms with E-state index in [1.165, 1.54) is 0 Å². The van der Waals surface area contributed by atoms with Crippen molar-refractivity contribution in [2.75, 3.05) is 6.61 Å². The summed E-state index contributed by atoms with van der Waals surface area (Å²) in [6.07, 6.45) is -0.207. The van der Waals surface area contributed by atoms with Crippen molar-refractivity contribution in [1.82, 2.24) is 10.6 Å². The lowest BCUT2D eigenvalue weighted by Gasteiger charge is -2.31. The Labute approximate surface area is 155 Å². The number of hydrogen-bond donors (Lipinski definition) is 2. The van der Waals surface area contributed by atoms with Gasteiger partial charge in [-0.1, -0.05) is 15.9 Å². The van der Waals surface area contributed by atoms with E-state index in [9.17, 15) is 4.79 Å². The van der Waals surface area contributed by atoms with Crippen molar-refractivity contribution in [2.24, 2.45) is 0 Å². The smallest absolute Gasteiger partial charge is 0.338 e. The standard InChI is InChI=1S/C17H21BrN2O3S/c1-5-22-13-7-6-11(18)8-12(13)15-14(16(21)23-9(2)3)10(4)19-17(24)20-15/h6-9,15H,5H2,1-4H3,(H2,19,20,24). The third-order valence-corrected chi connectivity index (χ3v) is 4.13. The molecule has 1 aromatic rings. The minimum absolute atomic E-state index is 0.207. The van der Waals surface area contributed by atoms with Gasteiger partial charge in [0.15, 0.2) is 5.11 Å². The molecule has 1 aliphatic heterocycles. The van der Waals surface area contributed by atoms with Gasteiger partial charge in [0, 0.05) is 15.7 Å². The number of benzene rings is 1. The third-order valence-electron chi connectivity index (χ3n) is 3.41. The van der Waals surface area contributed by atoms with Crippen LogP contribution in [0.2, 0.25) is 0 Å². The summed E-state index contributed by atoms with van der Waals surface area (Å²) in [5.41, 5.74) is 2.00. The molecule has 130 valence electrons. The van der Waals surface area contributed by atoms with Gasteiger partial charge >= 0.3 is 5.97 Å². The number of nitrogens with one attached hydrogen (secondary N) is 2. The molecule has 2 N–H and O–H groups in total. The second-order valence-corrected chi connectivity index (χ2v) is 6.96. The highest BCUT2D eigenvalue weighted by Crippen LogP contribution is 2.35. The first-order valence-electron chi connectivity index (χ1n) is 7.75. The largest absolute Gasteiger partial charge is 0.494 e. The summed E-state index contributed by atoms with van der Waals surface area (Å²) in [5, 5.41) is 6.61. The van der Waals surface area contributed by atoms with Crippen LogP contribution in [-0.2, 0) is 9.53 Å². The van der Waals surface area contributed by atoms with Crippen LogP contribution in [0.25, 0.3) is 0 Å². The van der Waals surface area contributed by atoms with Gasteiger partial charge in [0.25, 0.3) is 0 Å². The number of esters is 1. The molecule has 0 radical (unpaired) electrons. The van der Waals surface area contributed by atoms with Crippen molar-refractivity contribution in [3.63, 3.8) is 0 Å². The van der Waals surface area contributed by atoms with Gasteiger partial charge in [-0.25, -0.2) is 4.79 Å². The summed E-state index contributed by atoms with van der Waals surface area (Å²) in [6.45, 7) is 7.90. The first kappa shape index (κ1) is 18.7. The Bertz CT molecular complexity index is 688. The molecular weight excluding hydrogens is 392 g/mol. The summed E-state index contributed by atoms with van der Waals surface area (Å²) in [6, 6.07) is 5.25. The molecule has 0 bridgehead atoms. The number of rotatable bonds is 5. The first-order valence-corrected chi connectivity index (χ1v) is 8.95. The Morgan fingerprint density at radius 2 is 2.12 bits per heavy atom. The average molecular weight is 413 g/mol. The Hall–Kier alpha value is -1.60. The topological polar surface area (TPSA) is 59.6 Å². The Morgan fingerprint density at radius 1 is 1.42 bits per heavy atom. The molecule has 0 amide bonds. The minimum Gasteiger partial charge on any atom is -0.494 e. The Balaban J connectivity index is 2.53. The van der Waals surface area contributed by atoms with Gasteiger partial charge in [-0.3, -0.25) is 0 Å². The van der Waals surface area contributed by atoms with Crippen molar-refractivity contribution in [3.8, 4) is 5.75 Å². The van der Waals surface area contributed by atoms with E-state index in [1.807, 2.05) is 45.9 Å². The van der Waals surface area contributed by atoms with Crippen LogP contribution in [0.4, 0.5) is 0 Å². The van der Waals surface area contributed by atoms with Gasteiger partial charge in [-0.05, 0) is 58.1 Å². The van der Waals surface area contributed by atoms with Crippen LogP contribution in [0.15, 0.2) is 33.9 Å². The second-order valence-electron chi connectivity index (χ2n) is 5.64. The fraction of sp³-hybridized carbons (Fsp3) is 0.412. The Morgan fingerprint density at radius 3 is 2.75 bits per heavy atom. The predicted molar refractivity (Wildman–Crippen MR) is 101 cm³/mol. The number of halogens is 1. The Kier molecular flexibility index (Phi) is 6.23. The van der Waals surface area contributed by atoms with Gasteiger partial charge < -0.3 is 20.1 Å². The zero-order valence-electron chi connectivity index (χ0n) is 14.1. The molecule has 0 aromatic heterocycles. The number of carbonyl (C=O) groups is 1. The molecule has 1 aliphatic rings. The fourth-order valence-corrected chi connectivity index (χ4v) is 3.16. The molecule has 2 rings (SSSR count). The molecule has 0 aliphatic carbocycles. The van der Waals surface area contributed by atoms with E-state index in [2.05, 4.69) is 26.6 Å². The molecule has 7 heteroatoms. The highest BCUT2D eigenvalue weighted by Gasteiger charge is 2.33. The van der Waals surface area contributed by atoms with E-state index >= 15 is 0 Å². The highest BCUT2D eigenvalue weighted by atomic mass is 79.9. The van der Waals surface area contributed by atoms with Crippen LogP contribution in [0.3, 0.4) is 0 Å². The summed E-state index contributed by atoms with van der Waals surface area (Å²) < 4.78 is 12.0. The monoisotopic (exact) mass is 412 g/mol. The number of thiocarbonyl (C=S) groups is 1. The quantitative estimate of drug-likeness (QED) is 0.569. The molecule has 5 nitrogen and oxygen atoms in total. The molecular formula is C17H21BrN2O3S. The maximum Gasteiger partial charge on any atom is 0.338 e. The predicted octanol–water partition coefficient (Wildman–Crippen LogP) is 3.59. The van der Waals surface area contributed by atoms with Crippen LogP contribution in [0.5, 0.6) is 5.75 Å². The van der Waals surface area contributed by atoms with E-state index in [-0.39, 0.29) is 12.1 Å². The molecule has 0 saturated heterocycles. The van der Waals surface area contributed by atoms with Crippen LogP contribution < -0.4 is 15.4 Å². The molecule has 1 aromatic carbocycles. The summed E-state index contributed by atoms with van der Waals surface area (Å²) in [5.74, 6) is 0.322. The van der Waals surface area contributed by atoms with Crippen molar-refractivity contribution >= 4 is 39.2 Å². The maximum atomic E-state index is 12.6.